The molecule has 1 nitrogen and oxygen atoms in total. The second-order valence-corrected chi connectivity index (χ2v) is 5.25. The van der Waals surface area contributed by atoms with Gasteiger partial charge in [-0.2, -0.15) is 0 Å². The first-order valence-corrected chi connectivity index (χ1v) is 5.97. The molecule has 0 radical (unpaired) electrons. The van der Waals surface area contributed by atoms with Crippen molar-refractivity contribution in [2.75, 3.05) is 0 Å². The molecule has 0 atom stereocenters. The van der Waals surface area contributed by atoms with Crippen molar-refractivity contribution in [2.45, 2.75) is 26.4 Å². The summed E-state index contributed by atoms with van der Waals surface area (Å²) in [5.74, 6) is 1.01. The van der Waals surface area contributed by atoms with E-state index < -0.39 is 0 Å². The van der Waals surface area contributed by atoms with Crippen LogP contribution in [0, 0.1) is 6.92 Å². The van der Waals surface area contributed by atoms with Crippen LogP contribution in [0.1, 0.15) is 25.0 Å². The molecule has 1 aliphatic heterocycles. The number of rotatable bonds is 0. The Kier molecular flexibility index (Phi) is 2.06. The fourth-order valence-electron chi connectivity index (χ4n) is 2.27. The first kappa shape index (κ1) is 10.4. The van der Waals surface area contributed by atoms with Crippen LogP contribution in [-0.2, 0) is 0 Å². The van der Waals surface area contributed by atoms with Gasteiger partial charge in [-0.1, -0.05) is 42.0 Å². The fraction of sp³-hybridized carbons (Fsp3) is 0.250. The third kappa shape index (κ3) is 1.72. The van der Waals surface area contributed by atoms with Crippen LogP contribution in [0.25, 0.3) is 16.8 Å². The summed E-state index contributed by atoms with van der Waals surface area (Å²) in [6, 6.07) is 10.8. The molecule has 86 valence electrons. The van der Waals surface area contributed by atoms with E-state index in [1.54, 1.807) is 0 Å². The third-order valence-corrected chi connectivity index (χ3v) is 3.19. The molecule has 1 aliphatic rings. The van der Waals surface area contributed by atoms with E-state index in [-0.39, 0.29) is 5.60 Å². The Bertz CT molecular complexity index is 621. The van der Waals surface area contributed by atoms with Crippen LogP contribution in [-0.4, -0.2) is 5.60 Å². The monoisotopic (exact) mass is 224 g/mol. The molecule has 0 bridgehead atoms. The van der Waals surface area contributed by atoms with E-state index in [1.807, 2.05) is 0 Å². The van der Waals surface area contributed by atoms with E-state index in [9.17, 15) is 0 Å². The summed E-state index contributed by atoms with van der Waals surface area (Å²) < 4.78 is 6.09. The molecule has 0 saturated heterocycles. The van der Waals surface area contributed by atoms with Crippen molar-refractivity contribution >= 4 is 16.8 Å². The van der Waals surface area contributed by atoms with Gasteiger partial charge in [0.05, 0.1) is 0 Å². The molecule has 0 N–H and O–H groups in total. The first-order chi connectivity index (χ1) is 8.05. The molecule has 17 heavy (non-hydrogen) atoms. The SMILES string of the molecule is Cc1ccc2c3c(ccc2c1)C=CC(C)(C)O3. The Morgan fingerprint density at radius 3 is 2.71 bits per heavy atom. The van der Waals surface area contributed by atoms with Crippen molar-refractivity contribution in [3.05, 3.63) is 47.5 Å². The van der Waals surface area contributed by atoms with Crippen molar-refractivity contribution in [1.82, 2.24) is 0 Å². The second kappa shape index (κ2) is 3.36. The summed E-state index contributed by atoms with van der Waals surface area (Å²) in [6.07, 6.45) is 4.26. The summed E-state index contributed by atoms with van der Waals surface area (Å²) in [6.45, 7) is 6.28. The van der Waals surface area contributed by atoms with Gasteiger partial charge in [-0.05, 0) is 32.2 Å². The Morgan fingerprint density at radius 2 is 1.88 bits per heavy atom. The molecular formula is C16H16O. The Morgan fingerprint density at radius 1 is 1.06 bits per heavy atom. The van der Waals surface area contributed by atoms with E-state index in [1.165, 1.54) is 21.9 Å². The fourth-order valence-corrected chi connectivity index (χ4v) is 2.27. The minimum absolute atomic E-state index is 0.216. The van der Waals surface area contributed by atoms with Gasteiger partial charge < -0.3 is 4.74 Å². The first-order valence-electron chi connectivity index (χ1n) is 5.97. The van der Waals surface area contributed by atoms with Gasteiger partial charge in [0.25, 0.3) is 0 Å². The van der Waals surface area contributed by atoms with Crippen LogP contribution < -0.4 is 4.74 Å². The van der Waals surface area contributed by atoms with Gasteiger partial charge in [-0.15, -0.1) is 0 Å². The number of fused-ring (bicyclic) bond motifs is 3. The number of ether oxygens (including phenoxy) is 1. The van der Waals surface area contributed by atoms with Gasteiger partial charge in [-0.3, -0.25) is 0 Å². The van der Waals surface area contributed by atoms with Gasteiger partial charge in [0.1, 0.15) is 11.4 Å². The minimum Gasteiger partial charge on any atom is -0.483 e. The van der Waals surface area contributed by atoms with E-state index in [0.29, 0.717) is 0 Å². The van der Waals surface area contributed by atoms with Gasteiger partial charge in [-0.25, -0.2) is 0 Å². The van der Waals surface area contributed by atoms with Crippen molar-refractivity contribution in [2.24, 2.45) is 0 Å². The number of aryl methyl sites for hydroxylation is 1. The molecule has 1 heteroatoms. The minimum atomic E-state index is -0.216. The summed E-state index contributed by atoms with van der Waals surface area (Å²) >= 11 is 0. The smallest absolute Gasteiger partial charge is 0.135 e. The highest BCUT2D eigenvalue weighted by atomic mass is 16.5. The maximum atomic E-state index is 6.09. The highest BCUT2D eigenvalue weighted by Crippen LogP contribution is 2.37. The van der Waals surface area contributed by atoms with Crippen LogP contribution in [0.4, 0.5) is 0 Å². The molecule has 1 heterocycles. The predicted octanol–water partition coefficient (Wildman–Crippen LogP) is 4.33. The molecular weight excluding hydrogens is 208 g/mol. The van der Waals surface area contributed by atoms with Gasteiger partial charge >= 0.3 is 0 Å². The van der Waals surface area contributed by atoms with Crippen LogP contribution >= 0.6 is 0 Å². The Hall–Kier alpha value is -1.76. The molecule has 3 rings (SSSR count). The lowest BCUT2D eigenvalue weighted by Gasteiger charge is -2.28. The van der Waals surface area contributed by atoms with Crippen LogP contribution in [0.5, 0.6) is 5.75 Å². The molecule has 0 saturated carbocycles. The van der Waals surface area contributed by atoms with Gasteiger partial charge in [0, 0.05) is 10.9 Å². The quantitative estimate of drug-likeness (QED) is 0.647. The van der Waals surface area contributed by atoms with Crippen molar-refractivity contribution in [3.8, 4) is 5.75 Å². The normalized spacial score (nSPS) is 16.6. The molecule has 0 spiro atoms. The lowest BCUT2D eigenvalue weighted by Crippen LogP contribution is -2.27. The maximum absolute atomic E-state index is 6.09. The van der Waals surface area contributed by atoms with E-state index in [0.717, 1.165) is 5.75 Å². The third-order valence-electron chi connectivity index (χ3n) is 3.19. The standard InChI is InChI=1S/C16H16O/c1-11-4-7-14-13(10-11)6-5-12-8-9-16(2,3)17-15(12)14/h4-10H,1-3H3. The average molecular weight is 224 g/mol. The number of hydrogen-bond acceptors (Lipinski definition) is 1. The molecule has 0 aromatic heterocycles. The highest BCUT2D eigenvalue weighted by Gasteiger charge is 2.22. The maximum Gasteiger partial charge on any atom is 0.135 e. The molecule has 0 aliphatic carbocycles. The zero-order chi connectivity index (χ0) is 12.0. The van der Waals surface area contributed by atoms with E-state index in [2.05, 4.69) is 63.3 Å². The van der Waals surface area contributed by atoms with Crippen LogP contribution in [0.3, 0.4) is 0 Å². The molecule has 2 aromatic carbocycles. The van der Waals surface area contributed by atoms with Crippen molar-refractivity contribution < 1.29 is 4.74 Å². The topological polar surface area (TPSA) is 9.23 Å². The lowest BCUT2D eigenvalue weighted by molar-refractivity contribution is 0.161. The zero-order valence-electron chi connectivity index (χ0n) is 10.4. The molecule has 0 unspecified atom stereocenters. The van der Waals surface area contributed by atoms with E-state index in [4.69, 9.17) is 4.74 Å². The summed E-state index contributed by atoms with van der Waals surface area (Å²) in [5, 5.41) is 2.44. The largest absolute Gasteiger partial charge is 0.483 e. The van der Waals surface area contributed by atoms with Gasteiger partial charge in [0.15, 0.2) is 0 Å². The lowest BCUT2D eigenvalue weighted by atomic mass is 9.98. The zero-order valence-corrected chi connectivity index (χ0v) is 10.4. The molecule has 0 amide bonds. The summed E-state index contributed by atoms with van der Waals surface area (Å²) in [7, 11) is 0. The number of hydrogen-bond donors (Lipinski definition) is 0. The van der Waals surface area contributed by atoms with Crippen molar-refractivity contribution in [3.63, 3.8) is 0 Å². The Balaban J connectivity index is 2.30. The summed E-state index contributed by atoms with van der Waals surface area (Å²) in [5.41, 5.74) is 2.23. The molecule has 2 aromatic rings. The predicted molar refractivity (Wildman–Crippen MR) is 72.4 cm³/mol. The summed E-state index contributed by atoms with van der Waals surface area (Å²) in [4.78, 5) is 0. The van der Waals surface area contributed by atoms with Gasteiger partial charge in [0.2, 0.25) is 0 Å². The van der Waals surface area contributed by atoms with Crippen molar-refractivity contribution in [1.29, 1.82) is 0 Å². The Labute approximate surface area is 102 Å². The molecule has 0 fully saturated rings. The highest BCUT2D eigenvalue weighted by molar-refractivity contribution is 5.92. The van der Waals surface area contributed by atoms with Crippen LogP contribution in [0.15, 0.2) is 36.4 Å². The number of benzene rings is 2. The second-order valence-electron chi connectivity index (χ2n) is 5.25. The average Bonchev–Trinajstić information content (AvgIpc) is 2.27. The van der Waals surface area contributed by atoms with E-state index >= 15 is 0 Å². The van der Waals surface area contributed by atoms with Crippen LogP contribution in [0.2, 0.25) is 0 Å².